The Labute approximate surface area is 189 Å². The maximum atomic E-state index is 13.5. The molecule has 9 nitrogen and oxygen atoms in total. The first-order chi connectivity index (χ1) is 15.1. The van der Waals surface area contributed by atoms with Crippen LogP contribution in [0.2, 0.25) is 0 Å². The summed E-state index contributed by atoms with van der Waals surface area (Å²) in [5.74, 6) is 0.752. The molecule has 1 aromatic carbocycles. The van der Waals surface area contributed by atoms with Crippen LogP contribution in [0.4, 0.5) is 5.82 Å². The lowest BCUT2D eigenvalue weighted by atomic mass is 9.72. The van der Waals surface area contributed by atoms with Gasteiger partial charge in [0.15, 0.2) is 0 Å². The lowest BCUT2D eigenvalue weighted by Crippen LogP contribution is -2.33. The summed E-state index contributed by atoms with van der Waals surface area (Å²) in [6, 6.07) is 5.62. The van der Waals surface area contributed by atoms with Crippen LogP contribution in [0, 0.1) is 11.3 Å². The van der Waals surface area contributed by atoms with Gasteiger partial charge in [-0.3, -0.25) is 10.8 Å². The maximum absolute atomic E-state index is 13.5. The van der Waals surface area contributed by atoms with Gasteiger partial charge in [0.1, 0.15) is 17.9 Å². The molecule has 2 aliphatic rings. The van der Waals surface area contributed by atoms with E-state index in [4.69, 9.17) is 21.5 Å². The summed E-state index contributed by atoms with van der Waals surface area (Å²) in [5, 5.41) is 8.99. The summed E-state index contributed by atoms with van der Waals surface area (Å²) in [4.78, 5) is 8.79. The summed E-state index contributed by atoms with van der Waals surface area (Å²) in [6.07, 6.45) is 5.03. The summed E-state index contributed by atoms with van der Waals surface area (Å²) >= 11 is 0. The maximum Gasteiger partial charge on any atom is 0.141 e. The molecule has 2 aliphatic carbocycles. The number of nitrogens with two attached hydrogens (primary N) is 2. The molecule has 0 saturated heterocycles. The second-order valence-corrected chi connectivity index (χ2v) is 10.9. The van der Waals surface area contributed by atoms with Crippen LogP contribution < -0.4 is 20.9 Å². The second-order valence-electron chi connectivity index (χ2n) is 9.12. The normalized spacial score (nSPS) is 24.4. The van der Waals surface area contributed by atoms with Crippen molar-refractivity contribution in [1.29, 1.82) is 5.26 Å². The van der Waals surface area contributed by atoms with Crippen molar-refractivity contribution in [3.63, 3.8) is 0 Å². The van der Waals surface area contributed by atoms with Gasteiger partial charge in [-0.1, -0.05) is 13.8 Å². The van der Waals surface area contributed by atoms with Gasteiger partial charge in [-0.05, 0) is 55.2 Å². The van der Waals surface area contributed by atoms with E-state index in [0.717, 1.165) is 36.8 Å². The molecule has 172 valence electrons. The number of benzene rings is 1. The highest BCUT2D eigenvalue weighted by atomic mass is 32.3. The Morgan fingerprint density at radius 3 is 2.72 bits per heavy atom. The van der Waals surface area contributed by atoms with Crippen molar-refractivity contribution in [2.24, 2.45) is 5.73 Å². The summed E-state index contributed by atoms with van der Waals surface area (Å²) in [5.41, 5.74) is 14.6. The Balaban J connectivity index is 1.86. The molecular weight excluding hydrogens is 428 g/mol. The predicted octanol–water partition coefficient (Wildman–Crippen LogP) is 3.00. The summed E-state index contributed by atoms with van der Waals surface area (Å²) in [6.45, 7) is 3.75. The average Bonchev–Trinajstić information content (AvgIpc) is 2.73. The first kappa shape index (κ1) is 22.8. The van der Waals surface area contributed by atoms with Crippen molar-refractivity contribution in [2.75, 3.05) is 12.3 Å². The molecule has 4 rings (SSSR count). The number of anilines is 1. The van der Waals surface area contributed by atoms with Gasteiger partial charge in [0.05, 0.1) is 29.3 Å². The number of aromatic nitrogens is 2. The third kappa shape index (κ3) is 4.14. The minimum absolute atomic E-state index is 0.0837. The van der Waals surface area contributed by atoms with Gasteiger partial charge in [0.2, 0.25) is 0 Å². The monoisotopic (exact) mass is 457 g/mol. The largest absolute Gasteiger partial charge is 0.750 e. The van der Waals surface area contributed by atoms with Gasteiger partial charge in [0, 0.05) is 17.2 Å². The highest BCUT2D eigenvalue weighted by Gasteiger charge is 2.38. The molecule has 1 atom stereocenters. The van der Waals surface area contributed by atoms with Crippen LogP contribution in [-0.4, -0.2) is 37.8 Å². The molecule has 1 aromatic heterocycles. The van der Waals surface area contributed by atoms with E-state index in [0.29, 0.717) is 29.2 Å². The molecule has 10 heteroatoms. The Bertz CT molecular complexity index is 1060. The number of hydrogen-bond acceptors (Lipinski definition) is 9. The number of fused-ring (bicyclic) bond motifs is 3. The number of hydrogen-bond donors (Lipinski definition) is 4. The predicted molar refractivity (Wildman–Crippen MR) is 122 cm³/mol. The number of nitrogens with zero attached hydrogens (tertiary/aromatic N) is 3. The van der Waals surface area contributed by atoms with E-state index in [-0.39, 0.29) is 23.6 Å². The average molecular weight is 458 g/mol. The SMILES string of the molecule is CC1(C)Cc2c(ccc(OC3CCC(N)CC3)c2S([O-])(O)NCC#N)-c2ncnc(N)c21. The van der Waals surface area contributed by atoms with Gasteiger partial charge < -0.3 is 25.3 Å². The molecule has 1 fully saturated rings. The smallest absolute Gasteiger partial charge is 0.141 e. The lowest BCUT2D eigenvalue weighted by Gasteiger charge is -2.49. The topological polar surface area (TPSA) is 166 Å². The molecule has 1 heterocycles. The highest BCUT2D eigenvalue weighted by molar-refractivity contribution is 8.22. The summed E-state index contributed by atoms with van der Waals surface area (Å²) < 4.78 is 33.2. The highest BCUT2D eigenvalue weighted by Crippen LogP contribution is 2.56. The number of rotatable bonds is 5. The van der Waals surface area contributed by atoms with Crippen LogP contribution in [0.15, 0.2) is 23.4 Å². The fourth-order valence-corrected chi connectivity index (χ4v) is 6.10. The molecule has 0 aliphatic heterocycles. The Kier molecular flexibility index (Phi) is 6.04. The van der Waals surface area contributed by atoms with Gasteiger partial charge in [0.25, 0.3) is 0 Å². The Morgan fingerprint density at radius 1 is 1.31 bits per heavy atom. The number of nitrogens with one attached hydrogen (secondary N) is 1. The Morgan fingerprint density at radius 2 is 2.03 bits per heavy atom. The van der Waals surface area contributed by atoms with E-state index in [1.165, 1.54) is 6.33 Å². The van der Waals surface area contributed by atoms with E-state index in [2.05, 4.69) is 14.7 Å². The quantitative estimate of drug-likeness (QED) is 0.493. The van der Waals surface area contributed by atoms with Gasteiger partial charge >= 0.3 is 0 Å². The van der Waals surface area contributed by atoms with Crippen molar-refractivity contribution in [3.05, 3.63) is 29.6 Å². The molecule has 2 aromatic rings. The van der Waals surface area contributed by atoms with Crippen molar-refractivity contribution in [1.82, 2.24) is 14.7 Å². The number of nitrogen functional groups attached to an aromatic ring is 1. The first-order valence-corrected chi connectivity index (χ1v) is 12.2. The van der Waals surface area contributed by atoms with Crippen molar-refractivity contribution < 1.29 is 13.8 Å². The Hall–Kier alpha value is -2.42. The van der Waals surface area contributed by atoms with Crippen LogP contribution in [-0.2, 0) is 11.8 Å². The zero-order chi connectivity index (χ0) is 23.1. The molecule has 0 amide bonds. The van der Waals surface area contributed by atoms with Gasteiger partial charge in [-0.2, -0.15) is 5.26 Å². The second kappa shape index (κ2) is 8.50. The van der Waals surface area contributed by atoms with Crippen LogP contribution in [0.3, 0.4) is 0 Å². The van der Waals surface area contributed by atoms with Crippen LogP contribution in [0.5, 0.6) is 5.75 Å². The van der Waals surface area contributed by atoms with E-state index < -0.39 is 16.2 Å². The molecule has 1 unspecified atom stereocenters. The molecule has 0 radical (unpaired) electrons. The number of nitriles is 1. The molecule has 6 N–H and O–H groups in total. The van der Waals surface area contributed by atoms with Crippen LogP contribution >= 0.6 is 10.8 Å². The lowest BCUT2D eigenvalue weighted by molar-refractivity contribution is 0.142. The molecule has 32 heavy (non-hydrogen) atoms. The zero-order valence-electron chi connectivity index (χ0n) is 18.3. The molecular formula is C22H29N6O3S-. The fourth-order valence-electron chi connectivity index (χ4n) is 4.79. The van der Waals surface area contributed by atoms with E-state index in [9.17, 15) is 9.11 Å². The molecule has 1 saturated carbocycles. The first-order valence-electron chi connectivity index (χ1n) is 10.7. The number of ether oxygens (including phenoxy) is 1. The molecule has 0 bridgehead atoms. The van der Waals surface area contributed by atoms with Crippen molar-refractivity contribution >= 4 is 16.6 Å². The third-order valence-corrected chi connectivity index (χ3v) is 7.82. The van der Waals surface area contributed by atoms with Gasteiger partial charge in [-0.15, -0.1) is 0 Å². The minimum atomic E-state index is -3.77. The third-order valence-electron chi connectivity index (χ3n) is 6.29. The molecule has 0 spiro atoms. The van der Waals surface area contributed by atoms with Crippen LogP contribution in [0.25, 0.3) is 11.3 Å². The zero-order valence-corrected chi connectivity index (χ0v) is 19.1. The van der Waals surface area contributed by atoms with E-state index in [1.807, 2.05) is 26.0 Å². The van der Waals surface area contributed by atoms with E-state index >= 15 is 0 Å². The fraction of sp³-hybridized carbons (Fsp3) is 0.500. The van der Waals surface area contributed by atoms with Gasteiger partial charge in [-0.25, -0.2) is 14.7 Å². The van der Waals surface area contributed by atoms with Crippen molar-refractivity contribution in [3.8, 4) is 23.1 Å². The minimum Gasteiger partial charge on any atom is -0.750 e. The summed E-state index contributed by atoms with van der Waals surface area (Å²) in [7, 11) is -3.77. The van der Waals surface area contributed by atoms with E-state index in [1.54, 1.807) is 6.07 Å². The van der Waals surface area contributed by atoms with Crippen molar-refractivity contribution in [2.45, 2.75) is 68.4 Å². The van der Waals surface area contributed by atoms with Crippen LogP contribution in [0.1, 0.15) is 50.7 Å². The standard InChI is InChI=1S/C22H30N6O3S/c1-22(2)11-16-15(19-18(22)21(25)27-12-26-19)7-8-17(20(16)32(29,30)28-10-9-23)31-14-5-3-13(24)4-6-14/h7-8,12-14,28-30H,3-6,10-11,24H2,1-2H3,(H2,25,26,27)/p-1.